The van der Waals surface area contributed by atoms with E-state index < -0.39 is 15.9 Å². The Morgan fingerprint density at radius 2 is 1.94 bits per heavy atom. The van der Waals surface area contributed by atoms with Gasteiger partial charge in [0.2, 0.25) is 0 Å². The van der Waals surface area contributed by atoms with Crippen LogP contribution in [-0.2, 0) is 14.3 Å². The van der Waals surface area contributed by atoms with Crippen molar-refractivity contribution in [3.05, 3.63) is 49.3 Å². The summed E-state index contributed by atoms with van der Waals surface area (Å²) in [6.45, 7) is 0. The lowest BCUT2D eigenvalue weighted by atomic mass is 10.1. The Morgan fingerprint density at radius 1 is 1.19 bits per heavy atom. The van der Waals surface area contributed by atoms with Crippen LogP contribution >= 0.6 is 0 Å². The van der Waals surface area contributed by atoms with E-state index in [0.717, 1.165) is 6.07 Å². The topological polar surface area (TPSA) is 43.4 Å². The smallest absolute Gasteiger partial charge is 0.264 e. The molecule has 0 aliphatic rings. The van der Waals surface area contributed by atoms with E-state index in [9.17, 15) is 12.8 Å². The fourth-order valence-electron chi connectivity index (χ4n) is 1.50. The van der Waals surface area contributed by atoms with Crippen LogP contribution in [0.2, 0.25) is 0 Å². The normalized spacial score (nSPS) is 11.9. The Kier molecular flexibility index (Phi) is 2.65. The molecule has 0 heterocycles. The van der Waals surface area contributed by atoms with Crippen molar-refractivity contribution < 1.29 is 17.0 Å². The van der Waals surface area contributed by atoms with Crippen molar-refractivity contribution in [2.45, 2.75) is 4.90 Å². The van der Waals surface area contributed by atoms with E-state index in [4.69, 9.17) is 0 Å². The highest BCUT2D eigenvalue weighted by atomic mass is 32.2. The van der Waals surface area contributed by atoms with Gasteiger partial charge in [-0.25, -0.2) is 4.39 Å². The van der Waals surface area contributed by atoms with Gasteiger partial charge >= 0.3 is 0 Å². The van der Waals surface area contributed by atoms with Crippen LogP contribution in [0.4, 0.5) is 4.39 Å². The average Bonchev–Trinajstić information content (AvgIpc) is 2.28. The van der Waals surface area contributed by atoms with Gasteiger partial charge in [-0.1, -0.05) is 18.2 Å². The average molecular weight is 239 g/mol. The highest BCUT2D eigenvalue weighted by molar-refractivity contribution is 7.87. The third-order valence-corrected chi connectivity index (χ3v) is 3.43. The number of hydrogen-bond donors (Lipinski definition) is 0. The molecule has 0 atom stereocenters. The molecule has 5 heteroatoms. The second-order valence-electron chi connectivity index (χ2n) is 3.19. The zero-order chi connectivity index (χ0) is 11.8. The highest BCUT2D eigenvalue weighted by Crippen LogP contribution is 2.24. The van der Waals surface area contributed by atoms with E-state index in [-0.39, 0.29) is 10.3 Å². The van der Waals surface area contributed by atoms with Crippen LogP contribution in [0.3, 0.4) is 0 Å². The molecule has 0 N–H and O–H groups in total. The minimum atomic E-state index is -3.92. The lowest BCUT2D eigenvalue weighted by Crippen LogP contribution is -2.02. The van der Waals surface area contributed by atoms with Crippen LogP contribution in [-0.4, -0.2) is 8.42 Å². The molecular formula is C11H8FO3S. The minimum Gasteiger partial charge on any atom is -0.264 e. The van der Waals surface area contributed by atoms with Crippen LogP contribution in [0.15, 0.2) is 41.3 Å². The largest absolute Gasteiger partial charge is 0.297 e. The Labute approximate surface area is 92.6 Å². The molecule has 83 valence electrons. The maximum Gasteiger partial charge on any atom is 0.297 e. The molecule has 0 aliphatic heterocycles. The van der Waals surface area contributed by atoms with Crippen LogP contribution < -0.4 is 0 Å². The third-order valence-electron chi connectivity index (χ3n) is 2.23. The molecule has 0 fully saturated rings. The molecule has 16 heavy (non-hydrogen) atoms. The van der Waals surface area contributed by atoms with E-state index in [2.05, 4.69) is 11.3 Å². The van der Waals surface area contributed by atoms with Crippen molar-refractivity contribution in [2.24, 2.45) is 0 Å². The molecule has 0 spiro atoms. The predicted octanol–water partition coefficient (Wildman–Crippen LogP) is 2.48. The molecule has 0 saturated heterocycles. The maximum atomic E-state index is 13.1. The summed E-state index contributed by atoms with van der Waals surface area (Å²) >= 11 is 0. The number of benzene rings is 2. The highest BCUT2D eigenvalue weighted by Gasteiger charge is 2.16. The van der Waals surface area contributed by atoms with Gasteiger partial charge in [-0.15, -0.1) is 0 Å². The van der Waals surface area contributed by atoms with Gasteiger partial charge in [-0.2, -0.15) is 8.42 Å². The molecule has 0 bridgehead atoms. The lowest BCUT2D eigenvalue weighted by Gasteiger charge is -2.05. The van der Waals surface area contributed by atoms with Crippen molar-refractivity contribution in [1.29, 1.82) is 0 Å². The Morgan fingerprint density at radius 3 is 2.62 bits per heavy atom. The van der Waals surface area contributed by atoms with Crippen LogP contribution in [0.5, 0.6) is 0 Å². The van der Waals surface area contributed by atoms with Gasteiger partial charge in [0.05, 0.1) is 7.11 Å². The first-order valence-electron chi connectivity index (χ1n) is 4.41. The molecule has 1 radical (unpaired) electrons. The molecule has 0 unspecified atom stereocenters. The van der Waals surface area contributed by atoms with Crippen molar-refractivity contribution in [3.63, 3.8) is 0 Å². The second kappa shape index (κ2) is 3.84. The Balaban J connectivity index is 2.85. The van der Waals surface area contributed by atoms with E-state index in [1.165, 1.54) is 18.2 Å². The summed E-state index contributed by atoms with van der Waals surface area (Å²) in [5.74, 6) is -0.501. The van der Waals surface area contributed by atoms with Gasteiger partial charge in [0, 0.05) is 5.39 Å². The van der Waals surface area contributed by atoms with Gasteiger partial charge in [-0.05, 0) is 23.6 Å². The van der Waals surface area contributed by atoms with E-state index in [1.54, 1.807) is 12.1 Å². The summed E-state index contributed by atoms with van der Waals surface area (Å²) in [5.41, 5.74) is 0. The quantitative estimate of drug-likeness (QED) is 0.756. The first kappa shape index (κ1) is 11.0. The standard InChI is InChI=1S/C11H8FO3S/c1-15-16(13,14)11-4-2-3-8-5-6-9(12)7-10(8)11/h2-7H,1H2. The van der Waals surface area contributed by atoms with Crippen molar-refractivity contribution in [3.8, 4) is 0 Å². The number of fused-ring (bicyclic) bond motifs is 1. The maximum absolute atomic E-state index is 13.1. The first-order valence-corrected chi connectivity index (χ1v) is 5.82. The van der Waals surface area contributed by atoms with Gasteiger partial charge in [0.15, 0.2) is 0 Å². The van der Waals surface area contributed by atoms with E-state index in [0.29, 0.717) is 5.39 Å². The lowest BCUT2D eigenvalue weighted by molar-refractivity contribution is 0.439. The van der Waals surface area contributed by atoms with Crippen molar-refractivity contribution in [1.82, 2.24) is 0 Å². The van der Waals surface area contributed by atoms with Crippen LogP contribution in [0, 0.1) is 12.9 Å². The number of halogens is 1. The SMILES string of the molecule is [CH2]OS(=O)(=O)c1cccc2ccc(F)cc12. The molecule has 2 aromatic rings. The summed E-state index contributed by atoms with van der Waals surface area (Å²) in [7, 11) is -1.04. The van der Waals surface area contributed by atoms with Gasteiger partial charge in [0.1, 0.15) is 10.7 Å². The molecule has 2 aromatic carbocycles. The molecule has 2 rings (SSSR count). The third kappa shape index (κ3) is 1.79. The Bertz CT molecular complexity index is 635. The number of rotatable bonds is 2. The van der Waals surface area contributed by atoms with Gasteiger partial charge in [0.25, 0.3) is 10.1 Å². The second-order valence-corrected chi connectivity index (χ2v) is 4.78. The summed E-state index contributed by atoms with van der Waals surface area (Å²) in [4.78, 5) is -0.0838. The monoisotopic (exact) mass is 239 g/mol. The summed E-state index contributed by atoms with van der Waals surface area (Å²) in [6, 6.07) is 8.53. The minimum absolute atomic E-state index is 0.0838. The fourth-order valence-corrected chi connectivity index (χ4v) is 2.32. The molecule has 0 amide bonds. The van der Waals surface area contributed by atoms with Crippen LogP contribution in [0.1, 0.15) is 0 Å². The van der Waals surface area contributed by atoms with Crippen molar-refractivity contribution >= 4 is 20.9 Å². The van der Waals surface area contributed by atoms with E-state index in [1.807, 2.05) is 0 Å². The fraction of sp³-hybridized carbons (Fsp3) is 0. The van der Waals surface area contributed by atoms with Gasteiger partial charge < -0.3 is 0 Å². The van der Waals surface area contributed by atoms with Crippen molar-refractivity contribution in [2.75, 3.05) is 0 Å². The summed E-state index contributed by atoms with van der Waals surface area (Å²) < 4.78 is 40.3. The van der Waals surface area contributed by atoms with E-state index >= 15 is 0 Å². The first-order chi connectivity index (χ1) is 7.54. The number of hydrogen-bond acceptors (Lipinski definition) is 3. The zero-order valence-corrected chi connectivity index (χ0v) is 9.00. The summed E-state index contributed by atoms with van der Waals surface area (Å²) in [6.07, 6.45) is 0. The molecular weight excluding hydrogens is 231 g/mol. The predicted molar refractivity (Wildman–Crippen MR) is 57.5 cm³/mol. The molecule has 0 aliphatic carbocycles. The molecule has 0 saturated carbocycles. The van der Waals surface area contributed by atoms with Crippen LogP contribution in [0.25, 0.3) is 10.8 Å². The Hall–Kier alpha value is -1.46. The van der Waals surface area contributed by atoms with Gasteiger partial charge in [-0.3, -0.25) is 4.18 Å². The zero-order valence-electron chi connectivity index (χ0n) is 8.18. The summed E-state index contributed by atoms with van der Waals surface area (Å²) in [5, 5.41) is 0.908. The molecule has 0 aromatic heterocycles. The molecule has 3 nitrogen and oxygen atoms in total.